The van der Waals surface area contributed by atoms with Gasteiger partial charge < -0.3 is 9.80 Å². The van der Waals surface area contributed by atoms with Crippen molar-refractivity contribution in [1.82, 2.24) is 0 Å². The smallest absolute Gasteiger partial charge is 0.0468 e. The van der Waals surface area contributed by atoms with Gasteiger partial charge in [-0.05, 0) is 196 Å². The topological polar surface area (TPSA) is 6.48 Å². The second-order valence-electron chi connectivity index (χ2n) is 17.4. The highest BCUT2D eigenvalue weighted by Gasteiger charge is 2.22. The molecule has 2 nitrogen and oxygen atoms in total. The zero-order valence-corrected chi connectivity index (χ0v) is 35.7. The fraction of sp³-hybridized carbons (Fsp3) is 0.0625. The van der Waals surface area contributed by atoms with Gasteiger partial charge in [-0.25, -0.2) is 0 Å². The molecule has 14 rings (SSSR count). The van der Waals surface area contributed by atoms with E-state index in [1.54, 1.807) is 24.3 Å². The zero-order valence-electron chi connectivity index (χ0n) is 43.7. The maximum absolute atomic E-state index is 8.72. The monoisotopic (exact) mass is 848 g/mol. The van der Waals surface area contributed by atoms with E-state index in [2.05, 4.69) is 192 Å². The zero-order chi connectivity index (χ0) is 50.5. The largest absolute Gasteiger partial charge is 0.310 e. The minimum atomic E-state index is -2.14. The third-order valence-electron chi connectivity index (χ3n) is 13.7. The number of benzene rings is 12. The van der Waals surface area contributed by atoms with E-state index in [1.807, 2.05) is 12.1 Å². The van der Waals surface area contributed by atoms with Crippen molar-refractivity contribution in [3.8, 4) is 11.1 Å². The Morgan fingerprint density at radius 2 is 0.485 bits per heavy atom. The van der Waals surface area contributed by atoms with Crippen LogP contribution in [0, 0.1) is 0 Å². The van der Waals surface area contributed by atoms with Crippen LogP contribution in [-0.4, -0.2) is 0 Å². The molecule has 310 valence electrons. The van der Waals surface area contributed by atoms with Gasteiger partial charge in [-0.2, -0.15) is 0 Å². The molecule has 2 aliphatic carbocycles. The Morgan fingerprint density at radius 1 is 0.227 bits per heavy atom. The lowest BCUT2D eigenvalue weighted by Crippen LogP contribution is -2.14. The number of fused-ring (bicyclic) bond motifs is 14. The molecule has 0 spiro atoms. The Morgan fingerprint density at radius 3 is 0.833 bits per heavy atom. The SMILES string of the molecule is [2H]C1([2H])c2ccc(N(c3ccc(-c4ccc(N(c5ccc6c(c5)C([2H])([2H])C6([2H])[2H])c5ccc6c7ccccc7c7ccccc7c6c5)cc4)cc3)c3ccc4c5ccccc5c5ccccc5c4c3)cc2C1([2H])[2H]. The van der Waals surface area contributed by atoms with E-state index in [1.165, 1.54) is 10.8 Å². The second-order valence-corrected chi connectivity index (χ2v) is 17.4. The van der Waals surface area contributed by atoms with Crippen molar-refractivity contribution >= 4 is 98.8 Å². The van der Waals surface area contributed by atoms with Gasteiger partial charge in [-0.1, -0.05) is 146 Å². The van der Waals surface area contributed by atoms with Gasteiger partial charge in [0.1, 0.15) is 0 Å². The first-order valence-corrected chi connectivity index (χ1v) is 22.5. The summed E-state index contributed by atoms with van der Waals surface area (Å²) in [5.41, 5.74) is 8.30. The normalized spacial score (nSPS) is 17.8. The fourth-order valence-corrected chi connectivity index (χ4v) is 10.5. The molecule has 0 radical (unpaired) electrons. The summed E-state index contributed by atoms with van der Waals surface area (Å²) in [6.07, 6.45) is -8.46. The number of anilines is 6. The standard InChI is InChI=1S/C64H44N2/c1-3-13-57-53(9-1)55-11-5-7-15-59(55)63-39-51(33-35-61(57)63)65(49-31-25-43-17-19-45(43)37-49)47-27-21-41(22-28-47)42-23-29-48(30-24-42)66(50-32-26-44-18-20-46(44)38-50)52-34-36-62-58-14-4-2-10-54(58)56-12-6-8-16-60(56)64(62)40-52/h1-16,21-40H,17-20H2/i17D2,18D2,19D2,20D2. The van der Waals surface area contributed by atoms with Gasteiger partial charge in [-0.15, -0.1) is 0 Å². The minimum absolute atomic E-state index is 0.349. The average molecular weight is 849 g/mol. The molecule has 66 heavy (non-hydrogen) atoms. The number of hydrogen-bond acceptors (Lipinski definition) is 2. The highest BCUT2D eigenvalue weighted by Crippen LogP contribution is 2.45. The van der Waals surface area contributed by atoms with Crippen LogP contribution in [0.4, 0.5) is 34.1 Å². The van der Waals surface area contributed by atoms with E-state index in [4.69, 9.17) is 11.0 Å². The van der Waals surface area contributed by atoms with Crippen LogP contribution in [0.5, 0.6) is 0 Å². The van der Waals surface area contributed by atoms with Gasteiger partial charge in [0, 0.05) is 45.1 Å². The number of rotatable bonds is 7. The first-order chi connectivity index (χ1) is 35.7. The van der Waals surface area contributed by atoms with Gasteiger partial charge in [0.05, 0.1) is 0 Å². The van der Waals surface area contributed by atoms with Crippen molar-refractivity contribution < 1.29 is 11.0 Å². The van der Waals surface area contributed by atoms with Gasteiger partial charge in [0.25, 0.3) is 0 Å². The first-order valence-electron chi connectivity index (χ1n) is 26.5. The van der Waals surface area contributed by atoms with Crippen LogP contribution in [-0.2, 0) is 25.5 Å². The highest BCUT2D eigenvalue weighted by atomic mass is 15.1. The lowest BCUT2D eigenvalue weighted by molar-refractivity contribution is 0.839. The summed E-state index contributed by atoms with van der Waals surface area (Å²) in [6.45, 7) is 0. The number of hydrogen-bond donors (Lipinski definition) is 0. The van der Waals surface area contributed by atoms with E-state index in [0.29, 0.717) is 22.3 Å². The molecule has 12 aromatic carbocycles. The molecular weight excluding hydrogens is 797 g/mol. The quantitative estimate of drug-likeness (QED) is 0.147. The molecule has 0 bridgehead atoms. The summed E-state index contributed by atoms with van der Waals surface area (Å²) in [5, 5.41) is 13.8. The van der Waals surface area contributed by atoms with Gasteiger partial charge in [0.2, 0.25) is 0 Å². The molecule has 2 aliphatic rings. The van der Waals surface area contributed by atoms with E-state index in [-0.39, 0.29) is 0 Å². The molecule has 0 unspecified atom stereocenters. The van der Waals surface area contributed by atoms with Crippen LogP contribution in [0.15, 0.2) is 218 Å². The molecule has 0 aliphatic heterocycles. The Balaban J connectivity index is 0.874. The molecule has 0 amide bonds. The van der Waals surface area contributed by atoms with Crippen LogP contribution >= 0.6 is 0 Å². The van der Waals surface area contributed by atoms with Gasteiger partial charge in [0.15, 0.2) is 0 Å². The predicted octanol–water partition coefficient (Wildman–Crippen LogP) is 17.4. The fourth-order valence-electron chi connectivity index (χ4n) is 10.5. The summed E-state index contributed by atoms with van der Waals surface area (Å²) >= 11 is 0. The Bertz CT molecular complexity index is 3990. The van der Waals surface area contributed by atoms with Crippen molar-refractivity contribution in [3.63, 3.8) is 0 Å². The highest BCUT2D eigenvalue weighted by molar-refractivity contribution is 6.27. The summed E-state index contributed by atoms with van der Waals surface area (Å²) in [5.74, 6) is 0. The Labute approximate surface area is 395 Å². The summed E-state index contributed by atoms with van der Waals surface area (Å²) < 4.78 is 68.8. The third-order valence-corrected chi connectivity index (χ3v) is 13.7. The van der Waals surface area contributed by atoms with E-state index >= 15 is 0 Å². The Kier molecular flexibility index (Phi) is 6.67. The van der Waals surface area contributed by atoms with E-state index in [0.717, 1.165) is 99.1 Å². The molecule has 0 heterocycles. The van der Waals surface area contributed by atoms with E-state index < -0.39 is 25.5 Å². The molecule has 0 N–H and O–H groups in total. The van der Waals surface area contributed by atoms with Crippen molar-refractivity contribution in [2.45, 2.75) is 25.5 Å². The minimum Gasteiger partial charge on any atom is -0.310 e. The molecule has 0 fully saturated rings. The van der Waals surface area contributed by atoms with Crippen molar-refractivity contribution in [2.24, 2.45) is 0 Å². The van der Waals surface area contributed by atoms with Crippen molar-refractivity contribution in [1.29, 1.82) is 0 Å². The third kappa shape index (κ3) is 5.81. The molecular formula is C64H44N2. The van der Waals surface area contributed by atoms with Crippen LogP contribution in [0.2, 0.25) is 0 Å². The van der Waals surface area contributed by atoms with Crippen LogP contribution in [0.25, 0.3) is 75.8 Å². The first kappa shape index (κ1) is 30.0. The van der Waals surface area contributed by atoms with Crippen molar-refractivity contribution in [3.05, 3.63) is 241 Å². The summed E-state index contributed by atoms with van der Waals surface area (Å²) in [6, 6.07) is 74.3. The number of nitrogens with zero attached hydrogens (tertiary/aromatic N) is 2. The van der Waals surface area contributed by atoms with Crippen LogP contribution in [0.1, 0.15) is 33.2 Å². The van der Waals surface area contributed by atoms with Crippen molar-refractivity contribution in [2.75, 3.05) is 9.80 Å². The van der Waals surface area contributed by atoms with Gasteiger partial charge >= 0.3 is 0 Å². The summed E-state index contributed by atoms with van der Waals surface area (Å²) in [7, 11) is 0. The Hall–Kier alpha value is -8.20. The molecule has 0 atom stereocenters. The molecule has 0 aromatic heterocycles. The molecule has 12 aromatic rings. The maximum atomic E-state index is 8.72. The maximum Gasteiger partial charge on any atom is 0.0468 e. The molecule has 0 saturated carbocycles. The van der Waals surface area contributed by atoms with Gasteiger partial charge in [-0.3, -0.25) is 0 Å². The average Bonchev–Trinajstić information content (AvgIpc) is 3.44. The summed E-state index contributed by atoms with van der Waals surface area (Å²) in [4.78, 5) is 4.24. The second kappa shape index (κ2) is 14.7. The van der Waals surface area contributed by atoms with Crippen LogP contribution in [0.3, 0.4) is 0 Å². The lowest BCUT2D eigenvalue weighted by atomic mass is 9.88. The number of aryl methyl sites for hydroxylation is 4. The predicted molar refractivity (Wildman–Crippen MR) is 281 cm³/mol. The van der Waals surface area contributed by atoms with Crippen LogP contribution < -0.4 is 9.80 Å². The lowest BCUT2D eigenvalue weighted by Gasteiger charge is -2.29. The molecule has 0 saturated heterocycles. The van der Waals surface area contributed by atoms with E-state index in [9.17, 15) is 0 Å². The molecule has 2 heteroatoms.